The van der Waals surface area contributed by atoms with Crippen molar-refractivity contribution in [3.05, 3.63) is 18.2 Å². The van der Waals surface area contributed by atoms with Gasteiger partial charge in [-0.3, -0.25) is 0 Å². The molecule has 1 aromatic heterocycles. The Morgan fingerprint density at radius 1 is 1.56 bits per heavy atom. The number of nitrogens with one attached hydrogen (secondary N) is 1. The van der Waals surface area contributed by atoms with Crippen molar-refractivity contribution in [1.82, 2.24) is 19.8 Å². The summed E-state index contributed by atoms with van der Waals surface area (Å²) in [4.78, 5) is 6.96. The summed E-state index contributed by atoms with van der Waals surface area (Å²) in [6.45, 7) is 9.21. The number of piperazine rings is 1. The quantitative estimate of drug-likeness (QED) is 0.854. The van der Waals surface area contributed by atoms with Crippen molar-refractivity contribution in [1.29, 1.82) is 0 Å². The molecule has 1 fully saturated rings. The third kappa shape index (κ3) is 3.33. The third-order valence-corrected chi connectivity index (χ3v) is 4.19. The van der Waals surface area contributed by atoms with Gasteiger partial charge in [-0.1, -0.05) is 20.3 Å². The van der Waals surface area contributed by atoms with Crippen LogP contribution in [0.5, 0.6) is 0 Å². The fourth-order valence-corrected chi connectivity index (χ4v) is 2.61. The Kier molecular flexibility index (Phi) is 4.78. The molecule has 1 N–H and O–H groups in total. The highest BCUT2D eigenvalue weighted by atomic mass is 15.2. The monoisotopic (exact) mass is 250 g/mol. The topological polar surface area (TPSA) is 33.1 Å². The molecule has 2 atom stereocenters. The molecule has 0 aromatic carbocycles. The molecular formula is C14H26N4. The van der Waals surface area contributed by atoms with Crippen LogP contribution in [-0.2, 0) is 13.5 Å². The maximum absolute atomic E-state index is 4.39. The maximum atomic E-state index is 4.39. The van der Waals surface area contributed by atoms with E-state index in [4.69, 9.17) is 0 Å². The van der Waals surface area contributed by atoms with Gasteiger partial charge in [0.2, 0.25) is 0 Å². The second kappa shape index (κ2) is 6.34. The molecule has 18 heavy (non-hydrogen) atoms. The molecule has 102 valence electrons. The first-order valence-electron chi connectivity index (χ1n) is 7.12. The SMILES string of the molecule is CCC(C)C1CN(CCc2nccn2C)CCN1. The number of aryl methyl sites for hydroxylation is 1. The van der Waals surface area contributed by atoms with Gasteiger partial charge in [-0.05, 0) is 5.92 Å². The molecule has 1 aliphatic rings. The van der Waals surface area contributed by atoms with E-state index < -0.39 is 0 Å². The van der Waals surface area contributed by atoms with Gasteiger partial charge in [0, 0.05) is 58.1 Å². The summed E-state index contributed by atoms with van der Waals surface area (Å²) in [5.41, 5.74) is 0. The third-order valence-electron chi connectivity index (χ3n) is 4.19. The molecule has 4 heteroatoms. The van der Waals surface area contributed by atoms with Gasteiger partial charge >= 0.3 is 0 Å². The van der Waals surface area contributed by atoms with E-state index in [2.05, 4.69) is 40.7 Å². The average molecular weight is 250 g/mol. The lowest BCUT2D eigenvalue weighted by atomic mass is 9.97. The van der Waals surface area contributed by atoms with Crippen LogP contribution < -0.4 is 5.32 Å². The Morgan fingerprint density at radius 2 is 2.39 bits per heavy atom. The van der Waals surface area contributed by atoms with Gasteiger partial charge in [0.25, 0.3) is 0 Å². The molecule has 0 saturated carbocycles. The Labute approximate surface area is 110 Å². The Bertz CT molecular complexity index is 360. The molecule has 0 aliphatic carbocycles. The maximum Gasteiger partial charge on any atom is 0.109 e. The van der Waals surface area contributed by atoms with Crippen molar-refractivity contribution >= 4 is 0 Å². The lowest BCUT2D eigenvalue weighted by Crippen LogP contribution is -2.53. The van der Waals surface area contributed by atoms with E-state index in [9.17, 15) is 0 Å². The van der Waals surface area contributed by atoms with Crippen molar-refractivity contribution < 1.29 is 0 Å². The lowest BCUT2D eigenvalue weighted by Gasteiger charge is -2.36. The van der Waals surface area contributed by atoms with Crippen molar-refractivity contribution in [2.75, 3.05) is 26.2 Å². The molecule has 1 aliphatic heterocycles. The summed E-state index contributed by atoms with van der Waals surface area (Å²) in [7, 11) is 2.07. The summed E-state index contributed by atoms with van der Waals surface area (Å²) in [5.74, 6) is 1.95. The lowest BCUT2D eigenvalue weighted by molar-refractivity contribution is 0.169. The van der Waals surface area contributed by atoms with Crippen LogP contribution in [0, 0.1) is 5.92 Å². The molecule has 2 rings (SSSR count). The van der Waals surface area contributed by atoms with E-state index in [0.717, 1.165) is 32.0 Å². The van der Waals surface area contributed by atoms with Crippen LogP contribution in [0.1, 0.15) is 26.1 Å². The predicted octanol–water partition coefficient (Wildman–Crippen LogP) is 1.28. The molecule has 0 amide bonds. The Balaban J connectivity index is 1.81. The van der Waals surface area contributed by atoms with Crippen molar-refractivity contribution in [3.63, 3.8) is 0 Å². The number of rotatable bonds is 5. The first-order chi connectivity index (χ1) is 8.70. The van der Waals surface area contributed by atoms with E-state index in [1.54, 1.807) is 0 Å². The minimum Gasteiger partial charge on any atom is -0.338 e. The van der Waals surface area contributed by atoms with Gasteiger partial charge in [-0.15, -0.1) is 0 Å². The van der Waals surface area contributed by atoms with Crippen LogP contribution in [0.3, 0.4) is 0 Å². The minimum absolute atomic E-state index is 0.658. The first-order valence-corrected chi connectivity index (χ1v) is 7.12. The number of imidazole rings is 1. The van der Waals surface area contributed by atoms with Crippen LogP contribution in [0.2, 0.25) is 0 Å². The number of nitrogens with zero attached hydrogens (tertiary/aromatic N) is 3. The van der Waals surface area contributed by atoms with Crippen LogP contribution in [0.4, 0.5) is 0 Å². The zero-order valence-electron chi connectivity index (χ0n) is 11.9. The van der Waals surface area contributed by atoms with E-state index in [1.165, 1.54) is 18.8 Å². The molecule has 0 bridgehead atoms. The first kappa shape index (κ1) is 13.6. The number of hydrogen-bond donors (Lipinski definition) is 1. The van der Waals surface area contributed by atoms with E-state index >= 15 is 0 Å². The fraction of sp³-hybridized carbons (Fsp3) is 0.786. The van der Waals surface area contributed by atoms with Crippen LogP contribution >= 0.6 is 0 Å². The Hall–Kier alpha value is -0.870. The second-order valence-electron chi connectivity index (χ2n) is 5.45. The largest absolute Gasteiger partial charge is 0.338 e. The van der Waals surface area contributed by atoms with Crippen LogP contribution in [-0.4, -0.2) is 46.7 Å². The smallest absolute Gasteiger partial charge is 0.109 e. The fourth-order valence-electron chi connectivity index (χ4n) is 2.61. The van der Waals surface area contributed by atoms with Crippen molar-refractivity contribution in [2.24, 2.45) is 13.0 Å². The summed E-state index contributed by atoms with van der Waals surface area (Å²) >= 11 is 0. The summed E-state index contributed by atoms with van der Waals surface area (Å²) in [6, 6.07) is 0.658. The minimum atomic E-state index is 0.658. The highest BCUT2D eigenvalue weighted by Gasteiger charge is 2.22. The number of hydrogen-bond acceptors (Lipinski definition) is 3. The number of aromatic nitrogens is 2. The van der Waals surface area contributed by atoms with Gasteiger partial charge < -0.3 is 14.8 Å². The van der Waals surface area contributed by atoms with Crippen molar-refractivity contribution in [2.45, 2.75) is 32.7 Å². The molecule has 0 radical (unpaired) electrons. The highest BCUT2D eigenvalue weighted by Crippen LogP contribution is 2.12. The molecule has 4 nitrogen and oxygen atoms in total. The van der Waals surface area contributed by atoms with Crippen molar-refractivity contribution in [3.8, 4) is 0 Å². The average Bonchev–Trinajstić information content (AvgIpc) is 2.81. The Morgan fingerprint density at radius 3 is 3.06 bits per heavy atom. The normalized spacial score (nSPS) is 23.2. The van der Waals surface area contributed by atoms with E-state index in [-0.39, 0.29) is 0 Å². The van der Waals surface area contributed by atoms with Gasteiger partial charge in [0.1, 0.15) is 5.82 Å². The van der Waals surface area contributed by atoms with E-state index in [1.807, 2.05) is 12.4 Å². The standard InChI is InChI=1S/C14H26N4/c1-4-12(2)13-11-18(10-7-15-13)8-5-14-16-6-9-17(14)3/h6,9,12-13,15H,4-5,7-8,10-11H2,1-3H3. The van der Waals surface area contributed by atoms with Crippen LogP contribution in [0.15, 0.2) is 12.4 Å². The van der Waals surface area contributed by atoms with Gasteiger partial charge in [-0.25, -0.2) is 4.98 Å². The molecule has 2 unspecified atom stereocenters. The molecule has 1 aromatic rings. The van der Waals surface area contributed by atoms with Gasteiger partial charge in [-0.2, -0.15) is 0 Å². The zero-order chi connectivity index (χ0) is 13.0. The molecule has 1 saturated heterocycles. The highest BCUT2D eigenvalue weighted by molar-refractivity contribution is 4.92. The molecule has 0 spiro atoms. The van der Waals surface area contributed by atoms with E-state index in [0.29, 0.717) is 6.04 Å². The second-order valence-corrected chi connectivity index (χ2v) is 5.45. The molecular weight excluding hydrogens is 224 g/mol. The van der Waals surface area contributed by atoms with Gasteiger partial charge in [0.05, 0.1) is 0 Å². The van der Waals surface area contributed by atoms with Gasteiger partial charge in [0.15, 0.2) is 0 Å². The van der Waals surface area contributed by atoms with Crippen LogP contribution in [0.25, 0.3) is 0 Å². The summed E-state index contributed by atoms with van der Waals surface area (Å²) in [6.07, 6.45) is 6.21. The summed E-state index contributed by atoms with van der Waals surface area (Å²) in [5, 5.41) is 3.64. The molecule has 2 heterocycles. The summed E-state index contributed by atoms with van der Waals surface area (Å²) < 4.78 is 2.12. The zero-order valence-corrected chi connectivity index (χ0v) is 11.9. The predicted molar refractivity (Wildman–Crippen MR) is 74.6 cm³/mol.